The van der Waals surface area contributed by atoms with Crippen LogP contribution in [0.25, 0.3) is 0 Å². The topological polar surface area (TPSA) is 93.8 Å². The third kappa shape index (κ3) is 5.72. The zero-order valence-electron chi connectivity index (χ0n) is 17.7. The first kappa shape index (κ1) is 24.3. The number of hydrogen-bond donors (Lipinski definition) is 1. The normalized spacial score (nSPS) is 16.2. The van der Waals surface area contributed by atoms with E-state index in [1.165, 1.54) is 42.1 Å². The number of thioether (sulfide) groups is 1. The number of nitrogens with zero attached hydrogens (tertiary/aromatic N) is 2. The van der Waals surface area contributed by atoms with Crippen molar-refractivity contribution in [2.24, 2.45) is 4.99 Å². The first-order chi connectivity index (χ1) is 15.6. The van der Waals surface area contributed by atoms with Crippen LogP contribution in [0.2, 0.25) is 0 Å². The summed E-state index contributed by atoms with van der Waals surface area (Å²) in [5.41, 5.74) is 0.0425. The molecule has 1 aliphatic heterocycles. The van der Waals surface area contributed by atoms with Crippen molar-refractivity contribution in [3.63, 3.8) is 0 Å². The van der Waals surface area contributed by atoms with Crippen molar-refractivity contribution in [2.45, 2.75) is 31.8 Å². The second-order valence-electron chi connectivity index (χ2n) is 7.02. The number of allylic oxidation sites excluding steroid dienone is 1. The Hall–Kier alpha value is -3.34. The Morgan fingerprint density at radius 1 is 1.21 bits per heavy atom. The quantitative estimate of drug-likeness (QED) is 0.339. The van der Waals surface area contributed by atoms with E-state index < -0.39 is 28.7 Å². The van der Waals surface area contributed by atoms with Crippen LogP contribution in [0.4, 0.5) is 18.9 Å². The van der Waals surface area contributed by atoms with E-state index in [2.05, 4.69) is 10.3 Å². The van der Waals surface area contributed by atoms with Gasteiger partial charge in [-0.2, -0.15) is 13.2 Å². The average Bonchev–Trinajstić information content (AvgIpc) is 2.77. The van der Waals surface area contributed by atoms with Gasteiger partial charge in [0.15, 0.2) is 5.17 Å². The summed E-state index contributed by atoms with van der Waals surface area (Å²) >= 11 is 1.21. The SMILES string of the molecule is CCOC(=O)C1=C(C)NC(SCc2ccc([N+](=O)[O-])cc2)=NC1c1ccccc1C(F)(F)F. The monoisotopic (exact) mass is 479 g/mol. The molecule has 0 aliphatic carbocycles. The zero-order chi connectivity index (χ0) is 24.2. The number of esters is 1. The van der Waals surface area contributed by atoms with Crippen molar-refractivity contribution in [2.75, 3.05) is 6.61 Å². The van der Waals surface area contributed by atoms with Gasteiger partial charge in [0.05, 0.1) is 22.7 Å². The average molecular weight is 479 g/mol. The van der Waals surface area contributed by atoms with Gasteiger partial charge in [0.2, 0.25) is 0 Å². The molecular weight excluding hydrogens is 459 g/mol. The van der Waals surface area contributed by atoms with Gasteiger partial charge in [0.25, 0.3) is 5.69 Å². The summed E-state index contributed by atoms with van der Waals surface area (Å²) in [7, 11) is 0. The molecule has 0 spiro atoms. The number of carbonyl (C=O) groups is 1. The minimum absolute atomic E-state index is 0.00763. The molecule has 0 fully saturated rings. The lowest BCUT2D eigenvalue weighted by molar-refractivity contribution is -0.384. The molecule has 1 atom stereocenters. The highest BCUT2D eigenvalue weighted by atomic mass is 32.2. The molecule has 0 saturated carbocycles. The van der Waals surface area contributed by atoms with Crippen LogP contribution in [-0.2, 0) is 21.5 Å². The Labute approximate surface area is 191 Å². The van der Waals surface area contributed by atoms with Crippen LogP contribution in [0.5, 0.6) is 0 Å². The van der Waals surface area contributed by atoms with E-state index in [0.29, 0.717) is 16.6 Å². The number of nitrogens with one attached hydrogen (secondary N) is 1. The largest absolute Gasteiger partial charge is 0.463 e. The molecule has 7 nitrogen and oxygen atoms in total. The molecule has 0 aromatic heterocycles. The molecule has 33 heavy (non-hydrogen) atoms. The number of ether oxygens (including phenoxy) is 1. The van der Waals surface area contributed by atoms with Crippen molar-refractivity contribution < 1.29 is 27.6 Å². The lowest BCUT2D eigenvalue weighted by atomic mass is 9.92. The molecule has 0 amide bonds. The van der Waals surface area contributed by atoms with E-state index in [-0.39, 0.29) is 23.4 Å². The van der Waals surface area contributed by atoms with Gasteiger partial charge < -0.3 is 10.1 Å². The number of rotatable bonds is 6. The lowest BCUT2D eigenvalue weighted by Gasteiger charge is -2.27. The van der Waals surface area contributed by atoms with Crippen LogP contribution in [0.1, 0.15) is 36.6 Å². The Morgan fingerprint density at radius 3 is 2.48 bits per heavy atom. The molecule has 1 heterocycles. The second-order valence-corrected chi connectivity index (χ2v) is 7.98. The highest BCUT2D eigenvalue weighted by Gasteiger charge is 2.39. The number of hydrogen-bond acceptors (Lipinski definition) is 7. The molecule has 0 radical (unpaired) electrons. The molecule has 2 aromatic rings. The van der Waals surface area contributed by atoms with Crippen molar-refractivity contribution >= 4 is 28.6 Å². The summed E-state index contributed by atoms with van der Waals surface area (Å²) in [5, 5.41) is 14.1. The maximum Gasteiger partial charge on any atom is 0.416 e. The molecule has 1 N–H and O–H groups in total. The van der Waals surface area contributed by atoms with Crippen LogP contribution in [0, 0.1) is 10.1 Å². The Balaban J connectivity index is 1.95. The molecule has 3 rings (SSSR count). The summed E-state index contributed by atoms with van der Waals surface area (Å²) < 4.78 is 46.1. The number of amidine groups is 1. The molecule has 11 heteroatoms. The maximum absolute atomic E-state index is 13.7. The fraction of sp³-hybridized carbons (Fsp3) is 0.273. The Bertz CT molecular complexity index is 1110. The number of halogens is 3. The maximum atomic E-state index is 13.7. The molecule has 1 aliphatic rings. The summed E-state index contributed by atoms with van der Waals surface area (Å²) in [6.45, 7) is 3.25. The smallest absolute Gasteiger partial charge is 0.416 e. The lowest BCUT2D eigenvalue weighted by Crippen LogP contribution is -2.31. The number of alkyl halides is 3. The highest BCUT2D eigenvalue weighted by molar-refractivity contribution is 8.13. The number of nitro groups is 1. The van der Waals surface area contributed by atoms with Crippen LogP contribution < -0.4 is 5.32 Å². The number of carbonyl (C=O) groups excluding carboxylic acids is 1. The third-order valence-corrected chi connectivity index (χ3v) is 5.76. The fourth-order valence-corrected chi connectivity index (χ4v) is 4.18. The van der Waals surface area contributed by atoms with Gasteiger partial charge in [-0.3, -0.25) is 10.1 Å². The Kier molecular flexibility index (Phi) is 7.42. The number of nitro benzene ring substituents is 1. The predicted molar refractivity (Wildman–Crippen MR) is 118 cm³/mol. The first-order valence-electron chi connectivity index (χ1n) is 9.86. The summed E-state index contributed by atoms with van der Waals surface area (Å²) in [4.78, 5) is 27.3. The molecule has 2 aromatic carbocycles. The van der Waals surface area contributed by atoms with Crippen LogP contribution >= 0.6 is 11.8 Å². The van der Waals surface area contributed by atoms with Gasteiger partial charge in [-0.15, -0.1) is 0 Å². The Morgan fingerprint density at radius 2 is 1.88 bits per heavy atom. The van der Waals surface area contributed by atoms with E-state index in [0.717, 1.165) is 11.6 Å². The van der Waals surface area contributed by atoms with E-state index >= 15 is 0 Å². The third-order valence-electron chi connectivity index (χ3n) is 4.80. The van der Waals surface area contributed by atoms with Crippen LogP contribution in [0.3, 0.4) is 0 Å². The van der Waals surface area contributed by atoms with Crippen molar-refractivity contribution in [3.8, 4) is 0 Å². The molecule has 0 bridgehead atoms. The van der Waals surface area contributed by atoms with Gasteiger partial charge in [0.1, 0.15) is 6.04 Å². The molecular formula is C22H20F3N3O4S. The van der Waals surface area contributed by atoms with Crippen LogP contribution in [-0.4, -0.2) is 22.7 Å². The zero-order valence-corrected chi connectivity index (χ0v) is 18.5. The summed E-state index contributed by atoms with van der Waals surface area (Å²) in [5.74, 6) is -0.382. The number of non-ortho nitro benzene ring substituents is 1. The number of aliphatic imine (C=N–C) groups is 1. The number of benzene rings is 2. The highest BCUT2D eigenvalue weighted by Crippen LogP contribution is 2.40. The van der Waals surface area contributed by atoms with Gasteiger partial charge in [0, 0.05) is 23.6 Å². The first-order valence-corrected chi connectivity index (χ1v) is 10.8. The van der Waals surface area contributed by atoms with Gasteiger partial charge in [-0.25, -0.2) is 9.79 Å². The molecule has 174 valence electrons. The second kappa shape index (κ2) is 10.1. The van der Waals surface area contributed by atoms with Crippen molar-refractivity contribution in [1.82, 2.24) is 5.32 Å². The minimum atomic E-state index is -4.63. The van der Waals surface area contributed by atoms with Gasteiger partial charge >= 0.3 is 12.1 Å². The summed E-state index contributed by atoms with van der Waals surface area (Å²) in [6.07, 6.45) is -4.63. The van der Waals surface area contributed by atoms with E-state index in [9.17, 15) is 28.1 Å². The van der Waals surface area contributed by atoms with Gasteiger partial charge in [-0.05, 0) is 31.0 Å². The summed E-state index contributed by atoms with van der Waals surface area (Å²) in [6, 6.07) is 9.72. The van der Waals surface area contributed by atoms with E-state index in [1.54, 1.807) is 26.0 Å². The molecule has 0 saturated heterocycles. The van der Waals surface area contributed by atoms with Crippen LogP contribution in [0.15, 0.2) is 64.8 Å². The minimum Gasteiger partial charge on any atom is -0.463 e. The fourth-order valence-electron chi connectivity index (χ4n) is 3.28. The van der Waals surface area contributed by atoms with E-state index in [1.807, 2.05) is 0 Å². The molecule has 1 unspecified atom stereocenters. The van der Waals surface area contributed by atoms with E-state index in [4.69, 9.17) is 4.74 Å². The van der Waals surface area contributed by atoms with Crippen molar-refractivity contribution in [3.05, 3.63) is 86.6 Å². The standard InChI is InChI=1S/C22H20F3N3O4S/c1-3-32-20(29)18-13(2)26-21(33-12-14-8-10-15(11-9-14)28(30)31)27-19(18)16-6-4-5-7-17(16)22(23,24)25/h4-11,19H,3,12H2,1-2H3,(H,26,27). The van der Waals surface area contributed by atoms with Crippen molar-refractivity contribution in [1.29, 1.82) is 0 Å². The van der Waals surface area contributed by atoms with Gasteiger partial charge in [-0.1, -0.05) is 42.1 Å². The predicted octanol–water partition coefficient (Wildman–Crippen LogP) is 5.38.